The molecule has 2 amide bonds. The number of ether oxygens (including phenoxy) is 1. The van der Waals surface area contributed by atoms with Gasteiger partial charge in [-0.3, -0.25) is 10.3 Å². The van der Waals surface area contributed by atoms with Crippen LogP contribution in [0.15, 0.2) is 54.3 Å². The zero-order valence-corrected chi connectivity index (χ0v) is 24.4. The van der Waals surface area contributed by atoms with Crippen LogP contribution in [0.2, 0.25) is 5.02 Å². The summed E-state index contributed by atoms with van der Waals surface area (Å²) in [5, 5.41) is 13.0. The highest BCUT2D eigenvalue weighted by Crippen LogP contribution is 2.31. The molecular formula is C30H32ClN7O2S. The third-order valence-electron chi connectivity index (χ3n) is 7.45. The molecule has 6 bridgehead atoms. The van der Waals surface area contributed by atoms with E-state index in [2.05, 4.69) is 43.0 Å². The van der Waals surface area contributed by atoms with Crippen molar-refractivity contribution in [1.29, 1.82) is 0 Å². The quantitative estimate of drug-likeness (QED) is 0.226. The molecule has 9 nitrogen and oxygen atoms in total. The molecule has 0 aliphatic carbocycles. The summed E-state index contributed by atoms with van der Waals surface area (Å²) in [5.41, 5.74) is 5.08. The van der Waals surface area contributed by atoms with Gasteiger partial charge >= 0.3 is 6.03 Å². The number of anilines is 5. The van der Waals surface area contributed by atoms with Gasteiger partial charge in [-0.1, -0.05) is 11.6 Å². The Morgan fingerprint density at radius 2 is 2.00 bits per heavy atom. The second kappa shape index (κ2) is 12.3. The fourth-order valence-electron chi connectivity index (χ4n) is 5.19. The molecule has 0 spiro atoms. The molecule has 3 N–H and O–H groups in total. The van der Waals surface area contributed by atoms with Crippen molar-refractivity contribution in [3.63, 3.8) is 0 Å². The summed E-state index contributed by atoms with van der Waals surface area (Å²) in [6.45, 7) is 4.20. The van der Waals surface area contributed by atoms with Crippen LogP contribution < -0.4 is 20.7 Å². The fourth-order valence-corrected chi connectivity index (χ4v) is 6.11. The van der Waals surface area contributed by atoms with Gasteiger partial charge in [-0.15, -0.1) is 11.3 Å². The first kappa shape index (κ1) is 27.3. The minimum atomic E-state index is -0.00810. The molecule has 3 aromatic heterocycles. The average Bonchev–Trinajstić information content (AvgIpc) is 3.39. The molecule has 0 saturated carbocycles. The third-order valence-corrected chi connectivity index (χ3v) is 8.69. The van der Waals surface area contributed by atoms with Crippen molar-refractivity contribution in [2.75, 3.05) is 35.6 Å². The number of benzene rings is 1. The van der Waals surface area contributed by atoms with E-state index in [4.69, 9.17) is 16.3 Å². The van der Waals surface area contributed by atoms with E-state index in [1.165, 1.54) is 5.56 Å². The summed E-state index contributed by atoms with van der Waals surface area (Å²) < 4.78 is 6.35. The molecule has 212 valence electrons. The summed E-state index contributed by atoms with van der Waals surface area (Å²) >= 11 is 7.96. The SMILES string of the molecule is Cc1csc(NC(=O)N2CCC(CCOc3ccc4cc3CCc3cncc(c3)Nc3ncc(Cl)c(n3)N4)CC2)c1. The Morgan fingerprint density at radius 3 is 2.83 bits per heavy atom. The summed E-state index contributed by atoms with van der Waals surface area (Å²) in [6, 6.07) is 10.2. The number of amides is 2. The molecule has 4 aromatic rings. The van der Waals surface area contributed by atoms with Gasteiger partial charge in [-0.25, -0.2) is 9.78 Å². The maximum atomic E-state index is 12.6. The molecular weight excluding hydrogens is 558 g/mol. The third kappa shape index (κ3) is 6.89. The molecule has 2 aliphatic heterocycles. The lowest BCUT2D eigenvalue weighted by Gasteiger charge is -2.31. The van der Waals surface area contributed by atoms with Crippen LogP contribution in [-0.4, -0.2) is 45.6 Å². The minimum absolute atomic E-state index is 0.00810. The Hall–Kier alpha value is -3.89. The number of likely N-dealkylation sites (tertiary alicyclic amines) is 1. The van der Waals surface area contributed by atoms with Gasteiger partial charge in [0.2, 0.25) is 5.95 Å². The number of halogens is 1. The highest BCUT2D eigenvalue weighted by molar-refractivity contribution is 7.14. The molecule has 5 heterocycles. The number of fused-ring (bicyclic) bond motifs is 6. The van der Waals surface area contributed by atoms with Crippen molar-refractivity contribution in [1.82, 2.24) is 19.9 Å². The van der Waals surface area contributed by atoms with Crippen molar-refractivity contribution < 1.29 is 9.53 Å². The lowest BCUT2D eigenvalue weighted by atomic mass is 9.94. The Morgan fingerprint density at radius 1 is 1.12 bits per heavy atom. The van der Waals surface area contributed by atoms with Crippen molar-refractivity contribution >= 4 is 57.1 Å². The number of aromatic nitrogens is 3. The predicted molar refractivity (Wildman–Crippen MR) is 164 cm³/mol. The normalized spacial score (nSPS) is 15.0. The number of thiophene rings is 1. The zero-order valence-electron chi connectivity index (χ0n) is 22.8. The number of piperidine rings is 1. The maximum absolute atomic E-state index is 12.6. The number of pyridine rings is 1. The Balaban J connectivity index is 1.08. The smallest absolute Gasteiger partial charge is 0.322 e. The van der Waals surface area contributed by atoms with Crippen molar-refractivity contribution in [2.45, 2.75) is 39.0 Å². The lowest BCUT2D eigenvalue weighted by molar-refractivity contribution is 0.170. The number of carbonyl (C=O) groups excluding carboxylic acids is 1. The van der Waals surface area contributed by atoms with Gasteiger partial charge in [0.1, 0.15) is 10.8 Å². The van der Waals surface area contributed by atoms with Crippen LogP contribution in [0.5, 0.6) is 5.75 Å². The topological polar surface area (TPSA) is 104 Å². The maximum Gasteiger partial charge on any atom is 0.322 e. The van der Waals surface area contributed by atoms with Gasteiger partial charge in [0.05, 0.1) is 29.7 Å². The average molecular weight is 590 g/mol. The van der Waals surface area contributed by atoms with E-state index in [0.29, 0.717) is 29.3 Å². The van der Waals surface area contributed by atoms with E-state index in [1.54, 1.807) is 23.7 Å². The molecule has 0 atom stereocenters. The van der Waals surface area contributed by atoms with Crippen LogP contribution >= 0.6 is 22.9 Å². The number of nitrogens with zero attached hydrogens (tertiary/aromatic N) is 4. The number of carbonyl (C=O) groups is 1. The highest BCUT2D eigenvalue weighted by Gasteiger charge is 2.23. The van der Waals surface area contributed by atoms with E-state index in [1.807, 2.05) is 41.6 Å². The van der Waals surface area contributed by atoms with Gasteiger partial charge in [-0.05, 0) is 97.3 Å². The molecule has 6 rings (SSSR count). The first-order chi connectivity index (χ1) is 20.0. The van der Waals surface area contributed by atoms with Gasteiger partial charge < -0.3 is 20.3 Å². The number of aryl methyl sites for hydroxylation is 3. The van der Waals surface area contributed by atoms with Crippen LogP contribution in [-0.2, 0) is 12.8 Å². The summed E-state index contributed by atoms with van der Waals surface area (Å²) in [4.78, 5) is 27.8. The molecule has 41 heavy (non-hydrogen) atoms. The molecule has 0 radical (unpaired) electrons. The number of hydrogen-bond donors (Lipinski definition) is 3. The van der Waals surface area contributed by atoms with Gasteiger partial charge in [-0.2, -0.15) is 4.98 Å². The highest BCUT2D eigenvalue weighted by atomic mass is 35.5. The van der Waals surface area contributed by atoms with E-state index in [9.17, 15) is 4.79 Å². The van der Waals surface area contributed by atoms with E-state index >= 15 is 0 Å². The van der Waals surface area contributed by atoms with Crippen LogP contribution in [0.3, 0.4) is 0 Å². The minimum Gasteiger partial charge on any atom is -0.493 e. The predicted octanol–water partition coefficient (Wildman–Crippen LogP) is 7.19. The molecule has 2 aliphatic rings. The Kier molecular flexibility index (Phi) is 8.20. The molecule has 1 aromatic carbocycles. The van der Waals surface area contributed by atoms with Crippen LogP contribution in [0, 0.1) is 12.8 Å². The summed E-state index contributed by atoms with van der Waals surface area (Å²) in [6.07, 6.45) is 9.74. The van der Waals surface area contributed by atoms with Crippen LogP contribution in [0.1, 0.15) is 36.0 Å². The molecule has 1 saturated heterocycles. The molecule has 1 fully saturated rings. The Labute approximate surface area is 248 Å². The second-order valence-corrected chi connectivity index (χ2v) is 11.8. The van der Waals surface area contributed by atoms with Gasteiger partial charge in [0.15, 0.2) is 5.82 Å². The summed E-state index contributed by atoms with van der Waals surface area (Å²) in [7, 11) is 0. The number of nitrogens with one attached hydrogen (secondary N) is 3. The number of urea groups is 1. The summed E-state index contributed by atoms with van der Waals surface area (Å²) in [5.74, 6) is 2.38. The standard InChI is InChI=1S/C30H32ClN7O2S/c1-19-12-27(41-18-19)36-30(39)38-9-6-20(7-10-38)8-11-40-26-5-4-23-14-22(26)3-2-21-13-24(16-32-15-21)35-29-33-17-25(31)28(34-23)37-29/h4-5,12-18,20H,2-3,6-11H2,1H3,(H,36,39)(H2,33,34,35,37). The van der Waals surface area contributed by atoms with Crippen molar-refractivity contribution in [3.8, 4) is 5.75 Å². The zero-order chi connectivity index (χ0) is 28.2. The number of rotatable bonds is 5. The van der Waals surface area contributed by atoms with E-state index in [-0.39, 0.29) is 6.03 Å². The van der Waals surface area contributed by atoms with Crippen molar-refractivity contribution in [2.24, 2.45) is 5.92 Å². The Bertz CT molecular complexity index is 1540. The number of hydrogen-bond acceptors (Lipinski definition) is 8. The first-order valence-corrected chi connectivity index (χ1v) is 15.1. The largest absolute Gasteiger partial charge is 0.493 e. The fraction of sp³-hybridized carbons (Fsp3) is 0.333. The molecule has 0 unspecified atom stereocenters. The lowest BCUT2D eigenvalue weighted by Crippen LogP contribution is -2.41. The van der Waals surface area contributed by atoms with Gasteiger partial charge in [0, 0.05) is 25.0 Å². The van der Waals surface area contributed by atoms with E-state index in [0.717, 1.165) is 78.4 Å². The monoisotopic (exact) mass is 589 g/mol. The van der Waals surface area contributed by atoms with Crippen LogP contribution in [0.25, 0.3) is 0 Å². The first-order valence-electron chi connectivity index (χ1n) is 13.9. The van der Waals surface area contributed by atoms with Crippen molar-refractivity contribution in [3.05, 3.63) is 76.0 Å². The second-order valence-electron chi connectivity index (χ2n) is 10.5. The van der Waals surface area contributed by atoms with Crippen LogP contribution in [0.4, 0.5) is 32.9 Å². The van der Waals surface area contributed by atoms with Gasteiger partial charge in [0.25, 0.3) is 0 Å². The molecule has 11 heteroatoms. The van der Waals surface area contributed by atoms with E-state index < -0.39 is 0 Å².